The van der Waals surface area contributed by atoms with Gasteiger partial charge in [0.25, 0.3) is 5.91 Å². The lowest BCUT2D eigenvalue weighted by Gasteiger charge is -2.13. The van der Waals surface area contributed by atoms with Gasteiger partial charge >= 0.3 is 0 Å². The number of ether oxygens (including phenoxy) is 2. The van der Waals surface area contributed by atoms with Gasteiger partial charge in [-0.3, -0.25) is 9.59 Å². The second-order valence-corrected chi connectivity index (χ2v) is 7.10. The highest BCUT2D eigenvalue weighted by molar-refractivity contribution is 6.04. The van der Waals surface area contributed by atoms with Gasteiger partial charge in [0.15, 0.2) is 0 Å². The highest BCUT2D eigenvalue weighted by atomic mass is 19.1. The van der Waals surface area contributed by atoms with Crippen LogP contribution in [0.1, 0.15) is 17.3 Å². The molecule has 9 heteroatoms. The number of rotatable bonds is 11. The molecule has 0 saturated heterocycles. The molecule has 0 aliphatic rings. The molecule has 0 heterocycles. The summed E-state index contributed by atoms with van der Waals surface area (Å²) in [4.78, 5) is 24.7. The molecule has 0 aliphatic heterocycles. The first-order chi connectivity index (χ1) is 16.5. The van der Waals surface area contributed by atoms with Crippen LogP contribution in [0.25, 0.3) is 0 Å². The van der Waals surface area contributed by atoms with Crippen LogP contribution in [-0.2, 0) is 4.79 Å². The van der Waals surface area contributed by atoms with Crippen molar-refractivity contribution in [1.82, 2.24) is 0 Å². The third kappa shape index (κ3) is 7.21. The highest BCUT2D eigenvalue weighted by Crippen LogP contribution is 2.25. The molecule has 3 aromatic rings. The number of aliphatic hydroxyl groups is 1. The van der Waals surface area contributed by atoms with Gasteiger partial charge in [-0.05, 0) is 67.6 Å². The van der Waals surface area contributed by atoms with E-state index < -0.39 is 5.82 Å². The average molecular weight is 467 g/mol. The molecule has 0 atom stereocenters. The van der Waals surface area contributed by atoms with Crippen molar-refractivity contribution in [3.8, 4) is 11.5 Å². The zero-order chi connectivity index (χ0) is 24.3. The third-order valence-electron chi connectivity index (χ3n) is 4.59. The van der Waals surface area contributed by atoms with E-state index in [1.165, 1.54) is 18.2 Å². The smallest absolute Gasteiger partial charge is 0.255 e. The Morgan fingerprint density at radius 3 is 2.26 bits per heavy atom. The number of hydrogen-bond donors (Lipinski definition) is 4. The molecule has 0 saturated carbocycles. The standard InChI is InChI=1S/C25H26FN3O5/c1-2-33-21-10-8-20(9-11-21)29-25(32)17-3-6-19(7-4-17)28-24(31)16-27-22-12-5-18(26)15-23(22)34-14-13-30/h3-12,15,27,30H,2,13-14,16H2,1H3,(H,28,31)(H,29,32). The number of halogens is 1. The van der Waals surface area contributed by atoms with E-state index in [9.17, 15) is 14.0 Å². The van der Waals surface area contributed by atoms with Crippen molar-refractivity contribution >= 4 is 28.9 Å². The zero-order valence-corrected chi connectivity index (χ0v) is 18.6. The first kappa shape index (κ1) is 24.5. The van der Waals surface area contributed by atoms with Crippen molar-refractivity contribution in [3.63, 3.8) is 0 Å². The molecule has 3 rings (SSSR count). The van der Waals surface area contributed by atoms with Gasteiger partial charge < -0.3 is 30.5 Å². The fraction of sp³-hybridized carbons (Fsp3) is 0.200. The number of carbonyl (C=O) groups is 2. The zero-order valence-electron chi connectivity index (χ0n) is 18.6. The largest absolute Gasteiger partial charge is 0.494 e. The molecule has 8 nitrogen and oxygen atoms in total. The molecule has 0 radical (unpaired) electrons. The van der Waals surface area contributed by atoms with Crippen molar-refractivity contribution in [2.24, 2.45) is 0 Å². The summed E-state index contributed by atoms with van der Waals surface area (Å²) in [7, 11) is 0. The summed E-state index contributed by atoms with van der Waals surface area (Å²) in [6.45, 7) is 2.15. The highest BCUT2D eigenvalue weighted by Gasteiger charge is 2.10. The third-order valence-corrected chi connectivity index (χ3v) is 4.59. The Hall–Kier alpha value is -4.11. The first-order valence-electron chi connectivity index (χ1n) is 10.7. The summed E-state index contributed by atoms with van der Waals surface area (Å²) in [5.41, 5.74) is 2.01. The number of nitrogens with one attached hydrogen (secondary N) is 3. The van der Waals surface area contributed by atoms with Crippen molar-refractivity contribution in [3.05, 3.63) is 78.1 Å². The molecular weight excluding hydrogens is 441 g/mol. The molecule has 3 aromatic carbocycles. The van der Waals surface area contributed by atoms with Crippen molar-refractivity contribution in [2.75, 3.05) is 42.3 Å². The number of hydrogen-bond acceptors (Lipinski definition) is 6. The summed E-state index contributed by atoms with van der Waals surface area (Å²) in [6, 6.07) is 17.4. The number of aliphatic hydroxyl groups excluding tert-OH is 1. The molecule has 0 spiro atoms. The van der Waals surface area contributed by atoms with Gasteiger partial charge in [0.05, 0.1) is 25.4 Å². The predicted octanol–water partition coefficient (Wildman–Crippen LogP) is 3.90. The van der Waals surface area contributed by atoms with Crippen LogP contribution < -0.4 is 25.4 Å². The van der Waals surface area contributed by atoms with Gasteiger partial charge in [-0.25, -0.2) is 4.39 Å². The lowest BCUT2D eigenvalue weighted by Crippen LogP contribution is -2.22. The van der Waals surface area contributed by atoms with E-state index in [1.54, 1.807) is 48.5 Å². The maximum absolute atomic E-state index is 13.4. The summed E-state index contributed by atoms with van der Waals surface area (Å²) < 4.78 is 24.1. The number of carbonyl (C=O) groups excluding carboxylic acids is 2. The van der Waals surface area contributed by atoms with Crippen LogP contribution in [-0.4, -0.2) is 43.3 Å². The Kier molecular flexibility index (Phi) is 8.81. The van der Waals surface area contributed by atoms with E-state index >= 15 is 0 Å². The van der Waals surface area contributed by atoms with Crippen LogP contribution in [0.4, 0.5) is 21.5 Å². The van der Waals surface area contributed by atoms with Crippen LogP contribution in [0.5, 0.6) is 11.5 Å². The Morgan fingerprint density at radius 1 is 0.912 bits per heavy atom. The second-order valence-electron chi connectivity index (χ2n) is 7.10. The summed E-state index contributed by atoms with van der Waals surface area (Å²) >= 11 is 0. The molecule has 0 fully saturated rings. The van der Waals surface area contributed by atoms with Gasteiger partial charge in [0.2, 0.25) is 5.91 Å². The topological polar surface area (TPSA) is 109 Å². The summed E-state index contributed by atoms with van der Waals surface area (Å²) in [5.74, 6) is -0.192. The van der Waals surface area contributed by atoms with E-state index in [0.717, 1.165) is 5.75 Å². The summed E-state index contributed by atoms with van der Waals surface area (Å²) in [6.07, 6.45) is 0. The van der Waals surface area contributed by atoms with Gasteiger partial charge in [0, 0.05) is 23.0 Å². The van der Waals surface area contributed by atoms with Gasteiger partial charge in [-0.2, -0.15) is 0 Å². The Morgan fingerprint density at radius 2 is 1.59 bits per heavy atom. The number of benzene rings is 3. The molecule has 0 aromatic heterocycles. The fourth-order valence-corrected chi connectivity index (χ4v) is 3.01. The fourth-order valence-electron chi connectivity index (χ4n) is 3.01. The molecule has 0 bridgehead atoms. The molecule has 34 heavy (non-hydrogen) atoms. The first-order valence-corrected chi connectivity index (χ1v) is 10.7. The Labute approximate surface area is 196 Å². The Bertz CT molecular complexity index is 1100. The normalized spacial score (nSPS) is 10.3. The van der Waals surface area contributed by atoms with E-state index in [-0.39, 0.29) is 37.3 Å². The monoisotopic (exact) mass is 467 g/mol. The lowest BCUT2D eigenvalue weighted by molar-refractivity contribution is -0.114. The van der Waals surface area contributed by atoms with Crippen LogP contribution in [0, 0.1) is 5.82 Å². The van der Waals surface area contributed by atoms with Crippen LogP contribution in [0.3, 0.4) is 0 Å². The second kappa shape index (κ2) is 12.2. The molecule has 4 N–H and O–H groups in total. The maximum atomic E-state index is 13.4. The maximum Gasteiger partial charge on any atom is 0.255 e. The van der Waals surface area contributed by atoms with Crippen molar-refractivity contribution < 1.29 is 28.6 Å². The average Bonchev–Trinajstić information content (AvgIpc) is 2.84. The molecule has 0 unspecified atom stereocenters. The Balaban J connectivity index is 1.52. The minimum atomic E-state index is -0.491. The van der Waals surface area contributed by atoms with Crippen molar-refractivity contribution in [1.29, 1.82) is 0 Å². The van der Waals surface area contributed by atoms with Crippen LogP contribution >= 0.6 is 0 Å². The van der Waals surface area contributed by atoms with Gasteiger partial charge in [0.1, 0.15) is 23.9 Å². The van der Waals surface area contributed by atoms with E-state index in [0.29, 0.717) is 29.2 Å². The number of anilines is 3. The van der Waals surface area contributed by atoms with Gasteiger partial charge in [-0.15, -0.1) is 0 Å². The van der Waals surface area contributed by atoms with E-state index in [2.05, 4.69) is 16.0 Å². The van der Waals surface area contributed by atoms with Crippen molar-refractivity contribution in [2.45, 2.75) is 6.92 Å². The number of amides is 2. The minimum Gasteiger partial charge on any atom is -0.494 e. The minimum absolute atomic E-state index is 0.00282. The van der Waals surface area contributed by atoms with Crippen LogP contribution in [0.2, 0.25) is 0 Å². The predicted molar refractivity (Wildman–Crippen MR) is 128 cm³/mol. The lowest BCUT2D eigenvalue weighted by atomic mass is 10.2. The van der Waals surface area contributed by atoms with Gasteiger partial charge in [-0.1, -0.05) is 0 Å². The van der Waals surface area contributed by atoms with Crippen LogP contribution in [0.15, 0.2) is 66.7 Å². The SMILES string of the molecule is CCOc1ccc(NC(=O)c2ccc(NC(=O)CNc3ccc(F)cc3OCCO)cc2)cc1. The molecule has 178 valence electrons. The van der Waals surface area contributed by atoms with E-state index in [4.69, 9.17) is 14.6 Å². The van der Waals surface area contributed by atoms with E-state index in [1.807, 2.05) is 6.92 Å². The quantitative estimate of drug-likeness (QED) is 0.341. The molecule has 0 aliphatic carbocycles. The molecule has 2 amide bonds. The molecular formula is C25H26FN3O5. The summed E-state index contributed by atoms with van der Waals surface area (Å²) in [5, 5.41) is 17.3.